The molecule has 1 fully saturated rings. The van der Waals surface area contributed by atoms with Gasteiger partial charge in [-0.05, 0) is 35.9 Å². The third-order valence-corrected chi connectivity index (χ3v) is 5.02. The molecule has 0 unspecified atom stereocenters. The summed E-state index contributed by atoms with van der Waals surface area (Å²) in [4.78, 5) is 20.0. The number of unbranched alkanes of at least 4 members (excludes halogenated alkanes) is 2. The van der Waals surface area contributed by atoms with Gasteiger partial charge in [0.25, 0.3) is 5.91 Å². The Bertz CT molecular complexity index is 892. The van der Waals surface area contributed by atoms with Crippen LogP contribution in [0.15, 0.2) is 76.6 Å². The van der Waals surface area contributed by atoms with Crippen LogP contribution in [0, 0.1) is 11.8 Å². The number of carbonyl (C=O) groups is 1. The maximum Gasteiger partial charge on any atom is 0.267 e. The highest BCUT2D eigenvalue weighted by Gasteiger charge is 2.33. The molecule has 0 atom stereocenters. The minimum atomic E-state index is -0.0386. The van der Waals surface area contributed by atoms with Gasteiger partial charge in [0.1, 0.15) is 0 Å². The Morgan fingerprint density at radius 2 is 1.78 bits per heavy atom. The summed E-state index contributed by atoms with van der Waals surface area (Å²) in [6.07, 6.45) is 4.79. The Kier molecular flexibility index (Phi) is 6.90. The number of allylic oxidation sites excluding steroid dienone is 1. The summed E-state index contributed by atoms with van der Waals surface area (Å²) in [5, 5.41) is 0.691. The number of nitrogens with zero attached hydrogens (tertiary/aromatic N) is 2. The number of para-hydroxylation sites is 1. The topological polar surface area (TPSA) is 32.7 Å². The predicted octanol–water partition coefficient (Wildman–Crippen LogP) is 5.53. The highest BCUT2D eigenvalue weighted by Crippen LogP contribution is 2.33. The van der Waals surface area contributed by atoms with Gasteiger partial charge in [-0.3, -0.25) is 9.69 Å². The first kappa shape index (κ1) is 19.0. The molecule has 0 radical (unpaired) electrons. The van der Waals surface area contributed by atoms with Crippen LogP contribution < -0.4 is 0 Å². The largest absolute Gasteiger partial charge is 0.282 e. The van der Waals surface area contributed by atoms with Crippen molar-refractivity contribution < 1.29 is 4.79 Å². The molecule has 0 saturated carbocycles. The Morgan fingerprint density at radius 1 is 1.07 bits per heavy atom. The van der Waals surface area contributed by atoms with E-state index in [4.69, 9.17) is 0 Å². The smallest absolute Gasteiger partial charge is 0.267 e. The lowest BCUT2D eigenvalue weighted by Gasteiger charge is -2.15. The van der Waals surface area contributed by atoms with Gasteiger partial charge < -0.3 is 0 Å². The van der Waals surface area contributed by atoms with Crippen molar-refractivity contribution in [3.8, 4) is 11.8 Å². The van der Waals surface area contributed by atoms with E-state index in [9.17, 15) is 4.79 Å². The number of amidine groups is 1. The quantitative estimate of drug-likeness (QED) is 0.392. The van der Waals surface area contributed by atoms with E-state index in [0.29, 0.717) is 16.6 Å². The minimum absolute atomic E-state index is 0.0386. The van der Waals surface area contributed by atoms with Gasteiger partial charge in [-0.15, -0.1) is 0 Å². The third kappa shape index (κ3) is 5.35. The van der Waals surface area contributed by atoms with Crippen molar-refractivity contribution in [2.45, 2.75) is 32.7 Å². The van der Waals surface area contributed by atoms with Crippen LogP contribution in [0.4, 0.5) is 5.69 Å². The van der Waals surface area contributed by atoms with Crippen molar-refractivity contribution in [2.75, 3.05) is 0 Å². The number of amides is 1. The highest BCUT2D eigenvalue weighted by molar-refractivity contribution is 8.18. The fourth-order valence-corrected chi connectivity index (χ4v) is 3.48. The van der Waals surface area contributed by atoms with E-state index >= 15 is 0 Å². The summed E-state index contributed by atoms with van der Waals surface area (Å²) in [5.74, 6) is 6.10. The standard InChI is InChI=1S/C23H22N2OS/c1-2-3-4-5-12-17-21-22(26)25(18-19-13-8-6-9-14-19)23(27-21)24-20-15-10-7-11-16-20/h6-11,13-17H,2-4,18H2,1H3. The van der Waals surface area contributed by atoms with E-state index in [1.807, 2.05) is 60.7 Å². The van der Waals surface area contributed by atoms with Crippen molar-refractivity contribution >= 4 is 28.5 Å². The first-order valence-corrected chi connectivity index (χ1v) is 9.95. The molecule has 0 N–H and O–H groups in total. The second-order valence-electron chi connectivity index (χ2n) is 6.14. The van der Waals surface area contributed by atoms with Crippen LogP contribution in [0.3, 0.4) is 0 Å². The molecule has 1 heterocycles. The van der Waals surface area contributed by atoms with Gasteiger partial charge in [0.05, 0.1) is 17.1 Å². The summed E-state index contributed by atoms with van der Waals surface area (Å²) in [6.45, 7) is 2.64. The molecule has 3 rings (SSSR count). The van der Waals surface area contributed by atoms with Gasteiger partial charge in [0.2, 0.25) is 0 Å². The maximum absolute atomic E-state index is 12.9. The van der Waals surface area contributed by atoms with Gasteiger partial charge >= 0.3 is 0 Å². The molecular weight excluding hydrogens is 352 g/mol. The summed E-state index contributed by atoms with van der Waals surface area (Å²) in [6, 6.07) is 19.7. The third-order valence-electron chi connectivity index (χ3n) is 4.01. The molecule has 0 aliphatic carbocycles. The number of aliphatic imine (C=N–C) groups is 1. The first-order chi connectivity index (χ1) is 13.3. The van der Waals surface area contributed by atoms with Crippen LogP contribution in [-0.4, -0.2) is 16.0 Å². The molecule has 1 amide bonds. The van der Waals surface area contributed by atoms with Gasteiger partial charge in [-0.25, -0.2) is 4.99 Å². The molecule has 27 heavy (non-hydrogen) atoms. The fraction of sp³-hybridized carbons (Fsp3) is 0.217. The monoisotopic (exact) mass is 374 g/mol. The number of hydrogen-bond acceptors (Lipinski definition) is 3. The Morgan fingerprint density at radius 3 is 2.48 bits per heavy atom. The number of hydrogen-bond donors (Lipinski definition) is 0. The van der Waals surface area contributed by atoms with Gasteiger partial charge in [-0.2, -0.15) is 0 Å². The second kappa shape index (κ2) is 9.80. The molecule has 0 bridgehead atoms. The number of carbonyl (C=O) groups excluding carboxylic acids is 1. The molecule has 0 aromatic heterocycles. The van der Waals surface area contributed by atoms with E-state index < -0.39 is 0 Å². The molecule has 2 aromatic carbocycles. The summed E-state index contributed by atoms with van der Waals surface area (Å²) < 4.78 is 0. The second-order valence-corrected chi connectivity index (χ2v) is 7.15. The number of rotatable bonds is 5. The van der Waals surface area contributed by atoms with Gasteiger partial charge in [0, 0.05) is 12.5 Å². The van der Waals surface area contributed by atoms with Crippen LogP contribution >= 0.6 is 11.8 Å². The molecule has 1 aliphatic rings. The van der Waals surface area contributed by atoms with Crippen LogP contribution in [0.5, 0.6) is 0 Å². The average molecular weight is 375 g/mol. The predicted molar refractivity (Wildman–Crippen MR) is 114 cm³/mol. The molecule has 136 valence electrons. The van der Waals surface area contributed by atoms with E-state index in [0.717, 1.165) is 30.5 Å². The molecule has 1 aliphatic heterocycles. The van der Waals surface area contributed by atoms with Crippen LogP contribution in [0.1, 0.15) is 31.7 Å². The summed E-state index contributed by atoms with van der Waals surface area (Å²) in [5.41, 5.74) is 1.91. The lowest BCUT2D eigenvalue weighted by atomic mass is 10.2. The van der Waals surface area contributed by atoms with Crippen molar-refractivity contribution in [3.05, 3.63) is 77.2 Å². The van der Waals surface area contributed by atoms with E-state index in [1.165, 1.54) is 11.8 Å². The Hall–Kier alpha value is -2.77. The van der Waals surface area contributed by atoms with E-state index in [-0.39, 0.29) is 5.91 Å². The molecule has 3 nitrogen and oxygen atoms in total. The zero-order valence-electron chi connectivity index (χ0n) is 15.4. The number of benzene rings is 2. The van der Waals surface area contributed by atoms with Crippen molar-refractivity contribution in [3.63, 3.8) is 0 Å². The normalized spacial score (nSPS) is 16.6. The molecular formula is C23H22N2OS. The van der Waals surface area contributed by atoms with Crippen molar-refractivity contribution in [2.24, 2.45) is 4.99 Å². The highest BCUT2D eigenvalue weighted by atomic mass is 32.2. The molecule has 0 spiro atoms. The van der Waals surface area contributed by atoms with E-state index in [1.54, 1.807) is 11.0 Å². The Labute approximate surface area is 165 Å². The summed E-state index contributed by atoms with van der Waals surface area (Å²) >= 11 is 1.39. The molecule has 4 heteroatoms. The summed E-state index contributed by atoms with van der Waals surface area (Å²) in [7, 11) is 0. The lowest BCUT2D eigenvalue weighted by Crippen LogP contribution is -2.28. The first-order valence-electron chi connectivity index (χ1n) is 9.14. The van der Waals surface area contributed by atoms with Crippen molar-refractivity contribution in [1.29, 1.82) is 0 Å². The van der Waals surface area contributed by atoms with Gasteiger partial charge in [0.15, 0.2) is 5.17 Å². The zero-order valence-corrected chi connectivity index (χ0v) is 16.2. The molecule has 1 saturated heterocycles. The van der Waals surface area contributed by atoms with Crippen LogP contribution in [0.2, 0.25) is 0 Å². The van der Waals surface area contributed by atoms with Crippen LogP contribution in [0.25, 0.3) is 0 Å². The van der Waals surface area contributed by atoms with Gasteiger partial charge in [-0.1, -0.05) is 73.7 Å². The lowest BCUT2D eigenvalue weighted by molar-refractivity contribution is -0.122. The average Bonchev–Trinajstić information content (AvgIpc) is 2.98. The minimum Gasteiger partial charge on any atom is -0.282 e. The fourth-order valence-electron chi connectivity index (χ4n) is 2.56. The maximum atomic E-state index is 12.9. The molecule has 2 aromatic rings. The zero-order chi connectivity index (χ0) is 18.9. The van der Waals surface area contributed by atoms with Crippen LogP contribution in [-0.2, 0) is 11.3 Å². The Balaban J connectivity index is 1.86. The number of thioether (sulfide) groups is 1. The van der Waals surface area contributed by atoms with E-state index in [2.05, 4.69) is 23.8 Å². The SMILES string of the molecule is CCCCC#CC=C1SC(=Nc2ccccc2)N(Cc2ccccc2)C1=O. The van der Waals surface area contributed by atoms with Crippen molar-refractivity contribution in [1.82, 2.24) is 4.90 Å².